The molecule has 2 aromatic rings. The molecule has 0 saturated heterocycles. The van der Waals surface area contributed by atoms with Gasteiger partial charge in [-0.1, -0.05) is 37.5 Å². The molecule has 1 N–H and O–H groups in total. The van der Waals surface area contributed by atoms with Gasteiger partial charge in [-0.05, 0) is 56.5 Å². The molecule has 0 bridgehead atoms. The SMILES string of the molecule is CC1=CC(C)=N/C1=C\c1c(O)n(C2CCCCC2)c(=O)n(-c2ccccc2)c1=O. The van der Waals surface area contributed by atoms with Crippen LogP contribution in [-0.4, -0.2) is 20.0 Å². The summed E-state index contributed by atoms with van der Waals surface area (Å²) in [5, 5.41) is 11.0. The summed E-state index contributed by atoms with van der Waals surface area (Å²) in [6.45, 7) is 3.80. The van der Waals surface area contributed by atoms with Gasteiger partial charge in [-0.25, -0.2) is 9.36 Å². The van der Waals surface area contributed by atoms with Gasteiger partial charge in [-0.3, -0.25) is 14.4 Å². The zero-order valence-corrected chi connectivity index (χ0v) is 16.8. The fraction of sp³-hybridized carbons (Fsp3) is 0.348. The highest BCUT2D eigenvalue weighted by Crippen LogP contribution is 2.31. The molecular weight excluding hydrogens is 366 g/mol. The second-order valence-electron chi connectivity index (χ2n) is 7.77. The summed E-state index contributed by atoms with van der Waals surface area (Å²) in [6, 6.07) is 8.75. The highest BCUT2D eigenvalue weighted by Gasteiger charge is 2.26. The molecule has 6 nitrogen and oxygen atoms in total. The number of para-hydroxylation sites is 1. The summed E-state index contributed by atoms with van der Waals surface area (Å²) < 4.78 is 2.57. The van der Waals surface area contributed by atoms with E-state index in [1.54, 1.807) is 30.3 Å². The molecule has 29 heavy (non-hydrogen) atoms. The Morgan fingerprint density at radius 2 is 1.76 bits per heavy atom. The number of allylic oxidation sites excluding steroid dienone is 2. The van der Waals surface area contributed by atoms with E-state index in [1.165, 1.54) is 4.57 Å². The van der Waals surface area contributed by atoms with Crippen LogP contribution in [-0.2, 0) is 0 Å². The van der Waals surface area contributed by atoms with Gasteiger partial charge < -0.3 is 5.11 Å². The monoisotopic (exact) mass is 391 g/mol. The van der Waals surface area contributed by atoms with Crippen LogP contribution in [0.3, 0.4) is 0 Å². The van der Waals surface area contributed by atoms with Crippen molar-refractivity contribution in [1.29, 1.82) is 0 Å². The van der Waals surface area contributed by atoms with Crippen molar-refractivity contribution >= 4 is 11.8 Å². The van der Waals surface area contributed by atoms with Crippen molar-refractivity contribution in [3.05, 3.63) is 74.1 Å². The zero-order valence-electron chi connectivity index (χ0n) is 16.8. The minimum absolute atomic E-state index is 0.0974. The first-order valence-corrected chi connectivity index (χ1v) is 10.1. The molecule has 0 radical (unpaired) electrons. The lowest BCUT2D eigenvalue weighted by molar-refractivity contribution is 0.295. The normalized spacial score (nSPS) is 18.8. The van der Waals surface area contributed by atoms with Crippen molar-refractivity contribution in [2.24, 2.45) is 4.99 Å². The predicted octanol–water partition coefficient (Wildman–Crippen LogP) is 3.97. The summed E-state index contributed by atoms with van der Waals surface area (Å²) in [6.07, 6.45) is 8.28. The van der Waals surface area contributed by atoms with E-state index >= 15 is 0 Å². The van der Waals surface area contributed by atoms with E-state index < -0.39 is 11.2 Å². The van der Waals surface area contributed by atoms with Gasteiger partial charge in [0.15, 0.2) is 0 Å². The maximum atomic E-state index is 13.3. The Morgan fingerprint density at radius 3 is 2.38 bits per heavy atom. The second-order valence-corrected chi connectivity index (χ2v) is 7.77. The number of aromatic hydroxyl groups is 1. The van der Waals surface area contributed by atoms with Crippen molar-refractivity contribution in [1.82, 2.24) is 9.13 Å². The lowest BCUT2D eigenvalue weighted by Gasteiger charge is -2.26. The molecule has 1 aliphatic heterocycles. The number of benzene rings is 1. The minimum atomic E-state index is -0.536. The van der Waals surface area contributed by atoms with Crippen LogP contribution in [0, 0.1) is 0 Å². The van der Waals surface area contributed by atoms with Gasteiger partial charge in [0.2, 0.25) is 5.88 Å². The molecule has 1 fully saturated rings. The smallest absolute Gasteiger partial charge is 0.338 e. The topological polar surface area (TPSA) is 76.6 Å². The van der Waals surface area contributed by atoms with Crippen LogP contribution < -0.4 is 11.2 Å². The molecule has 0 amide bonds. The van der Waals surface area contributed by atoms with Crippen LogP contribution in [0.25, 0.3) is 11.8 Å². The Kier molecular flexibility index (Phi) is 5.09. The van der Waals surface area contributed by atoms with Gasteiger partial charge in [0.25, 0.3) is 5.56 Å². The first-order valence-electron chi connectivity index (χ1n) is 10.1. The predicted molar refractivity (Wildman–Crippen MR) is 115 cm³/mol. The third-order valence-corrected chi connectivity index (χ3v) is 5.66. The Labute approximate surface area is 169 Å². The number of hydrogen-bond donors (Lipinski definition) is 1. The number of aliphatic imine (C=N–C) groups is 1. The Balaban J connectivity index is 2.00. The summed E-state index contributed by atoms with van der Waals surface area (Å²) in [5.74, 6) is -0.265. The summed E-state index contributed by atoms with van der Waals surface area (Å²) in [7, 11) is 0. The summed E-state index contributed by atoms with van der Waals surface area (Å²) in [5.41, 5.74) is 1.95. The molecule has 1 aromatic carbocycles. The van der Waals surface area contributed by atoms with Crippen molar-refractivity contribution < 1.29 is 5.11 Å². The molecule has 1 aliphatic carbocycles. The van der Waals surface area contributed by atoms with Gasteiger partial charge >= 0.3 is 5.69 Å². The largest absolute Gasteiger partial charge is 0.494 e. The van der Waals surface area contributed by atoms with Crippen molar-refractivity contribution in [2.45, 2.75) is 52.0 Å². The van der Waals surface area contributed by atoms with Gasteiger partial charge in [0.1, 0.15) is 5.56 Å². The number of nitrogens with zero attached hydrogens (tertiary/aromatic N) is 3. The first kappa shape index (κ1) is 19.2. The minimum Gasteiger partial charge on any atom is -0.494 e. The summed E-state index contributed by atoms with van der Waals surface area (Å²) >= 11 is 0. The molecule has 150 valence electrons. The molecule has 0 spiro atoms. The summed E-state index contributed by atoms with van der Waals surface area (Å²) in [4.78, 5) is 31.1. The first-order chi connectivity index (χ1) is 14.0. The van der Waals surface area contributed by atoms with Crippen LogP contribution in [0.5, 0.6) is 5.88 Å². The van der Waals surface area contributed by atoms with Gasteiger partial charge in [0, 0.05) is 11.8 Å². The molecule has 2 aliphatic rings. The third kappa shape index (κ3) is 3.50. The van der Waals surface area contributed by atoms with Gasteiger partial charge in [-0.2, -0.15) is 0 Å². The second kappa shape index (κ2) is 7.70. The lowest BCUT2D eigenvalue weighted by Crippen LogP contribution is -2.41. The van der Waals surface area contributed by atoms with E-state index in [1.807, 2.05) is 26.0 Å². The highest BCUT2D eigenvalue weighted by atomic mass is 16.3. The molecule has 1 aromatic heterocycles. The van der Waals surface area contributed by atoms with Crippen molar-refractivity contribution in [3.63, 3.8) is 0 Å². The maximum absolute atomic E-state index is 13.3. The Morgan fingerprint density at radius 1 is 1.07 bits per heavy atom. The Bertz CT molecular complexity index is 1140. The van der Waals surface area contributed by atoms with E-state index in [-0.39, 0.29) is 17.5 Å². The standard InChI is InChI=1S/C23H25N3O3/c1-15-13-16(2)24-20(15)14-19-21(27)25(17-9-5-3-6-10-17)23(29)26(22(19)28)18-11-7-4-8-12-18/h3,5-6,9-10,13-14,18,28H,4,7-8,11-12H2,1-2H3/b20-14-. The van der Waals surface area contributed by atoms with E-state index in [9.17, 15) is 14.7 Å². The van der Waals surface area contributed by atoms with Gasteiger partial charge in [-0.15, -0.1) is 0 Å². The average molecular weight is 391 g/mol. The van der Waals surface area contributed by atoms with Crippen LogP contribution in [0.15, 0.2) is 62.3 Å². The number of hydrogen-bond acceptors (Lipinski definition) is 4. The third-order valence-electron chi connectivity index (χ3n) is 5.66. The molecule has 4 rings (SSSR count). The highest BCUT2D eigenvalue weighted by molar-refractivity contribution is 5.98. The van der Waals surface area contributed by atoms with Gasteiger partial charge in [0.05, 0.1) is 11.4 Å². The molecule has 0 atom stereocenters. The molecule has 1 saturated carbocycles. The van der Waals surface area contributed by atoms with Crippen LogP contribution >= 0.6 is 0 Å². The van der Waals surface area contributed by atoms with Crippen LogP contribution in [0.4, 0.5) is 0 Å². The maximum Gasteiger partial charge on any atom is 0.338 e. The van der Waals surface area contributed by atoms with E-state index in [4.69, 9.17) is 0 Å². The van der Waals surface area contributed by atoms with Crippen LogP contribution in [0.1, 0.15) is 57.6 Å². The van der Waals surface area contributed by atoms with E-state index in [2.05, 4.69) is 4.99 Å². The lowest BCUT2D eigenvalue weighted by atomic mass is 9.95. The fourth-order valence-corrected chi connectivity index (χ4v) is 4.21. The molecule has 2 heterocycles. The quantitative estimate of drug-likeness (QED) is 0.860. The molecular formula is C23H25N3O3. The van der Waals surface area contributed by atoms with Crippen molar-refractivity contribution in [2.75, 3.05) is 0 Å². The number of aromatic nitrogens is 2. The van der Waals surface area contributed by atoms with E-state index in [0.717, 1.165) is 48.0 Å². The van der Waals surface area contributed by atoms with E-state index in [0.29, 0.717) is 11.4 Å². The number of rotatable bonds is 3. The molecule has 6 heteroatoms. The van der Waals surface area contributed by atoms with Crippen molar-refractivity contribution in [3.8, 4) is 11.6 Å². The van der Waals surface area contributed by atoms with Crippen LogP contribution in [0.2, 0.25) is 0 Å². The zero-order chi connectivity index (χ0) is 20.5. The average Bonchev–Trinajstić information content (AvgIpc) is 3.04. The fourth-order valence-electron chi connectivity index (χ4n) is 4.21. The molecule has 0 unspecified atom stereocenters. The Hall–Kier alpha value is -3.15.